The van der Waals surface area contributed by atoms with Crippen LogP contribution in [0, 0.1) is 0 Å². The molecule has 0 bridgehead atoms. The quantitative estimate of drug-likeness (QED) is 0.646. The Kier molecular flexibility index (Phi) is 6.34. The number of rotatable bonds is 4. The van der Waals surface area contributed by atoms with Crippen LogP contribution in [-0.4, -0.2) is 18.8 Å². The van der Waals surface area contributed by atoms with Gasteiger partial charge in [-0.2, -0.15) is 0 Å². The number of aliphatic imine (C=N–C) groups is 1. The smallest absolute Gasteiger partial charge is 0.339 e. The molecule has 0 radical (unpaired) electrons. The molecule has 0 saturated heterocycles. The Morgan fingerprint density at radius 1 is 1.25 bits per heavy atom. The van der Waals surface area contributed by atoms with Crippen LogP contribution >= 0.6 is 0 Å². The fourth-order valence-corrected chi connectivity index (χ4v) is 1.01. The molecule has 3 nitrogen and oxygen atoms in total. The molecule has 3 heteroatoms. The third-order valence-corrected chi connectivity index (χ3v) is 1.55. The van der Waals surface area contributed by atoms with Gasteiger partial charge in [-0.05, 0) is 12.8 Å². The maximum absolute atomic E-state index is 10.9. The number of hydrogen-bond donors (Lipinski definition) is 1. The first-order valence-electron chi connectivity index (χ1n) is 4.52. The lowest BCUT2D eigenvalue weighted by molar-refractivity contribution is 0.251. The van der Waals surface area contributed by atoms with Gasteiger partial charge in [-0.25, -0.2) is 9.79 Å². The molecular weight excluding hydrogens is 152 g/mol. The average Bonchev–Trinajstić information content (AvgIpc) is 2.05. The summed E-state index contributed by atoms with van der Waals surface area (Å²) in [6, 6.07) is -0.230. The van der Waals surface area contributed by atoms with Gasteiger partial charge in [0.25, 0.3) is 0 Å². The van der Waals surface area contributed by atoms with E-state index in [9.17, 15) is 4.79 Å². The van der Waals surface area contributed by atoms with Crippen LogP contribution in [0.1, 0.15) is 39.5 Å². The Labute approximate surface area is 74.3 Å². The molecule has 0 unspecified atom stereocenters. The number of nitrogens with zero attached hydrogens (tertiary/aromatic N) is 1. The first-order chi connectivity index (χ1) is 5.74. The van der Waals surface area contributed by atoms with E-state index in [0.717, 1.165) is 31.4 Å². The highest BCUT2D eigenvalue weighted by molar-refractivity contribution is 5.94. The van der Waals surface area contributed by atoms with Crippen LogP contribution < -0.4 is 5.32 Å². The summed E-state index contributed by atoms with van der Waals surface area (Å²) in [5.74, 6) is 0. The molecule has 1 N–H and O–H groups in total. The minimum atomic E-state index is -0.230. The fraction of sp³-hybridized carbons (Fsp3) is 0.778. The second-order valence-electron chi connectivity index (χ2n) is 2.73. The Morgan fingerprint density at radius 3 is 2.08 bits per heavy atom. The lowest BCUT2D eigenvalue weighted by Crippen LogP contribution is -2.15. The summed E-state index contributed by atoms with van der Waals surface area (Å²) in [6.45, 7) is 4.18. The molecule has 0 spiro atoms. The minimum Gasteiger partial charge on any atom is -0.339 e. The monoisotopic (exact) mass is 170 g/mol. The van der Waals surface area contributed by atoms with Gasteiger partial charge in [-0.15, -0.1) is 0 Å². The number of urea groups is 1. The Bertz CT molecular complexity index is 156. The van der Waals surface area contributed by atoms with Crippen LogP contribution in [0.3, 0.4) is 0 Å². The Balaban J connectivity index is 4.06. The summed E-state index contributed by atoms with van der Waals surface area (Å²) >= 11 is 0. The first kappa shape index (κ1) is 11.1. The molecule has 70 valence electrons. The third-order valence-electron chi connectivity index (χ3n) is 1.55. The zero-order valence-corrected chi connectivity index (χ0v) is 8.18. The summed E-state index contributed by atoms with van der Waals surface area (Å²) in [5.41, 5.74) is 1.01. The highest BCUT2D eigenvalue weighted by Gasteiger charge is 1.99. The van der Waals surface area contributed by atoms with E-state index in [1.54, 1.807) is 7.05 Å². The second-order valence-corrected chi connectivity index (χ2v) is 2.73. The van der Waals surface area contributed by atoms with Crippen molar-refractivity contribution in [3.63, 3.8) is 0 Å². The van der Waals surface area contributed by atoms with Gasteiger partial charge < -0.3 is 5.32 Å². The molecule has 0 aliphatic heterocycles. The SMILES string of the molecule is CCCC(CCC)=NC(=O)NC. The zero-order chi connectivity index (χ0) is 9.40. The van der Waals surface area contributed by atoms with Gasteiger partial charge >= 0.3 is 6.03 Å². The maximum atomic E-state index is 10.9. The predicted molar refractivity (Wildman–Crippen MR) is 51.7 cm³/mol. The molecule has 2 amide bonds. The molecule has 0 fully saturated rings. The van der Waals surface area contributed by atoms with Crippen molar-refractivity contribution in [1.29, 1.82) is 0 Å². The highest BCUT2D eigenvalue weighted by Crippen LogP contribution is 2.00. The number of carbonyl (C=O) groups is 1. The van der Waals surface area contributed by atoms with Gasteiger partial charge in [0.2, 0.25) is 0 Å². The van der Waals surface area contributed by atoms with Gasteiger partial charge in [0, 0.05) is 12.8 Å². The standard InChI is InChI=1S/C9H18N2O/c1-4-6-8(7-5-2)11-9(12)10-3/h4-7H2,1-3H3,(H,10,12). The van der Waals surface area contributed by atoms with Crippen LogP contribution in [0.15, 0.2) is 4.99 Å². The van der Waals surface area contributed by atoms with Crippen LogP contribution in [0.2, 0.25) is 0 Å². The molecule has 12 heavy (non-hydrogen) atoms. The average molecular weight is 170 g/mol. The lowest BCUT2D eigenvalue weighted by atomic mass is 10.1. The third kappa shape index (κ3) is 4.88. The zero-order valence-electron chi connectivity index (χ0n) is 8.18. The lowest BCUT2D eigenvalue weighted by Gasteiger charge is -2.01. The molecule has 0 heterocycles. The van der Waals surface area contributed by atoms with Gasteiger partial charge in [-0.1, -0.05) is 26.7 Å². The molecule has 0 aliphatic carbocycles. The van der Waals surface area contributed by atoms with Gasteiger partial charge in [0.15, 0.2) is 0 Å². The second kappa shape index (κ2) is 6.83. The molecule has 0 aromatic heterocycles. The number of hydrogen-bond acceptors (Lipinski definition) is 1. The van der Waals surface area contributed by atoms with Gasteiger partial charge in [0.1, 0.15) is 0 Å². The molecule has 0 atom stereocenters. The summed E-state index contributed by atoms with van der Waals surface area (Å²) in [5, 5.41) is 2.49. The van der Waals surface area contributed by atoms with Crippen molar-refractivity contribution in [2.75, 3.05) is 7.05 Å². The summed E-state index contributed by atoms with van der Waals surface area (Å²) in [7, 11) is 1.60. The summed E-state index contributed by atoms with van der Waals surface area (Å²) in [4.78, 5) is 14.8. The van der Waals surface area contributed by atoms with E-state index in [4.69, 9.17) is 0 Å². The van der Waals surface area contributed by atoms with Crippen molar-refractivity contribution in [3.8, 4) is 0 Å². The number of nitrogens with one attached hydrogen (secondary N) is 1. The maximum Gasteiger partial charge on any atom is 0.340 e. The van der Waals surface area contributed by atoms with Crippen LogP contribution in [0.25, 0.3) is 0 Å². The first-order valence-corrected chi connectivity index (χ1v) is 4.52. The van der Waals surface area contributed by atoms with Crippen molar-refractivity contribution in [2.45, 2.75) is 39.5 Å². The van der Waals surface area contributed by atoms with Crippen molar-refractivity contribution in [2.24, 2.45) is 4.99 Å². The van der Waals surface area contributed by atoms with E-state index in [1.165, 1.54) is 0 Å². The summed E-state index contributed by atoms with van der Waals surface area (Å²) < 4.78 is 0. The van der Waals surface area contributed by atoms with Crippen LogP contribution in [-0.2, 0) is 0 Å². The van der Waals surface area contributed by atoms with Crippen molar-refractivity contribution in [3.05, 3.63) is 0 Å². The normalized spacial score (nSPS) is 9.25. The number of carbonyl (C=O) groups excluding carboxylic acids is 1. The predicted octanol–water partition coefficient (Wildman–Crippen LogP) is 2.37. The molecule has 0 saturated carbocycles. The Hall–Kier alpha value is -0.860. The van der Waals surface area contributed by atoms with E-state index in [1.807, 2.05) is 0 Å². The van der Waals surface area contributed by atoms with E-state index < -0.39 is 0 Å². The minimum absolute atomic E-state index is 0.230. The molecule has 0 aromatic carbocycles. The van der Waals surface area contributed by atoms with E-state index >= 15 is 0 Å². The summed E-state index contributed by atoms with van der Waals surface area (Å²) in [6.07, 6.45) is 3.97. The Morgan fingerprint density at radius 2 is 1.75 bits per heavy atom. The van der Waals surface area contributed by atoms with E-state index in [0.29, 0.717) is 0 Å². The fourth-order valence-electron chi connectivity index (χ4n) is 1.01. The topological polar surface area (TPSA) is 41.5 Å². The number of amides is 2. The van der Waals surface area contributed by atoms with Crippen molar-refractivity contribution in [1.82, 2.24) is 5.32 Å². The molecular formula is C9H18N2O. The van der Waals surface area contributed by atoms with Crippen molar-refractivity contribution < 1.29 is 4.79 Å². The van der Waals surface area contributed by atoms with Crippen molar-refractivity contribution >= 4 is 11.7 Å². The van der Waals surface area contributed by atoms with Gasteiger partial charge in [0.05, 0.1) is 0 Å². The van der Waals surface area contributed by atoms with Crippen LogP contribution in [0.4, 0.5) is 4.79 Å². The molecule has 0 aromatic rings. The van der Waals surface area contributed by atoms with Crippen LogP contribution in [0.5, 0.6) is 0 Å². The largest absolute Gasteiger partial charge is 0.340 e. The molecule has 0 aliphatic rings. The van der Waals surface area contributed by atoms with Gasteiger partial charge in [-0.3, -0.25) is 0 Å². The van der Waals surface area contributed by atoms with E-state index in [2.05, 4.69) is 24.2 Å². The molecule has 0 rings (SSSR count). The van der Waals surface area contributed by atoms with E-state index in [-0.39, 0.29) is 6.03 Å². The highest BCUT2D eigenvalue weighted by atomic mass is 16.2.